The van der Waals surface area contributed by atoms with E-state index in [0.717, 1.165) is 43.9 Å². The van der Waals surface area contributed by atoms with Crippen LogP contribution in [0, 0.1) is 5.92 Å². The highest BCUT2D eigenvalue weighted by Gasteiger charge is 2.33. The number of aryl methyl sites for hydroxylation is 1. The summed E-state index contributed by atoms with van der Waals surface area (Å²) in [6.45, 7) is 10.1. The van der Waals surface area contributed by atoms with Crippen molar-refractivity contribution < 1.29 is 18.6 Å². The highest BCUT2D eigenvalue weighted by molar-refractivity contribution is 7.90. The minimum Gasteiger partial charge on any atom is -0.507 e. The monoisotopic (exact) mass is 392 g/mol. The molecule has 5 heteroatoms. The van der Waals surface area contributed by atoms with Crippen LogP contribution in [-0.2, 0) is 16.3 Å². The van der Waals surface area contributed by atoms with Crippen LogP contribution < -0.4 is 0 Å². The van der Waals surface area contributed by atoms with E-state index >= 15 is 0 Å². The van der Waals surface area contributed by atoms with E-state index in [-0.39, 0.29) is 28.2 Å². The fourth-order valence-electron chi connectivity index (χ4n) is 4.10. The molecule has 0 aliphatic heterocycles. The summed E-state index contributed by atoms with van der Waals surface area (Å²) in [4.78, 5) is -0.0384. The van der Waals surface area contributed by atoms with Gasteiger partial charge >= 0.3 is 0 Å². The Morgan fingerprint density at radius 3 is 2.52 bits per heavy atom. The predicted molar refractivity (Wildman–Crippen MR) is 110 cm³/mol. The van der Waals surface area contributed by atoms with Gasteiger partial charge < -0.3 is 10.2 Å². The van der Waals surface area contributed by atoms with E-state index in [1.54, 1.807) is 0 Å². The van der Waals surface area contributed by atoms with E-state index in [4.69, 9.17) is 0 Å². The van der Waals surface area contributed by atoms with Crippen molar-refractivity contribution in [3.63, 3.8) is 0 Å². The Balaban J connectivity index is 2.67. The SMILES string of the molecule is C=C(C)C1CCC(C)=CC1c1c(O)cc(CCCCC)c(S(C)(=O)=O)c1O. The van der Waals surface area contributed by atoms with Crippen molar-refractivity contribution in [3.05, 3.63) is 41.0 Å². The molecule has 4 nitrogen and oxygen atoms in total. The summed E-state index contributed by atoms with van der Waals surface area (Å²) in [5, 5.41) is 21.7. The molecule has 0 aromatic heterocycles. The number of rotatable bonds is 7. The Morgan fingerprint density at radius 1 is 1.30 bits per heavy atom. The van der Waals surface area contributed by atoms with E-state index in [0.29, 0.717) is 17.5 Å². The Hall–Kier alpha value is -1.75. The summed E-state index contributed by atoms with van der Waals surface area (Å²) in [6.07, 6.45) is 8.25. The van der Waals surface area contributed by atoms with Gasteiger partial charge in [-0.05, 0) is 57.1 Å². The summed E-state index contributed by atoms with van der Waals surface area (Å²) in [7, 11) is -3.63. The minimum absolute atomic E-state index is 0.0337. The molecule has 1 aliphatic carbocycles. The van der Waals surface area contributed by atoms with Gasteiger partial charge in [0.05, 0.1) is 0 Å². The molecule has 0 saturated heterocycles. The summed E-state index contributed by atoms with van der Waals surface area (Å²) in [5.41, 5.74) is 2.94. The molecule has 27 heavy (non-hydrogen) atoms. The number of unbranched alkanes of at least 4 members (excludes halogenated alkanes) is 2. The van der Waals surface area contributed by atoms with Crippen LogP contribution >= 0.6 is 0 Å². The standard InChI is InChI=1S/C22H32O4S/c1-6-7-8-9-16-13-19(23)20(21(24)22(16)27(5,25)26)18-12-15(4)10-11-17(18)14(2)3/h12-13,17-18,23-24H,2,6-11H2,1,3-5H3. The van der Waals surface area contributed by atoms with Crippen molar-refractivity contribution in [2.75, 3.05) is 6.26 Å². The molecule has 0 spiro atoms. The van der Waals surface area contributed by atoms with Gasteiger partial charge in [-0.15, -0.1) is 0 Å². The highest BCUT2D eigenvalue weighted by Crippen LogP contribution is 2.49. The van der Waals surface area contributed by atoms with Crippen LogP contribution in [0.15, 0.2) is 34.8 Å². The molecule has 1 aliphatic rings. The zero-order valence-corrected chi connectivity index (χ0v) is 17.7. The molecule has 0 radical (unpaired) electrons. The second kappa shape index (κ2) is 8.51. The average molecular weight is 393 g/mol. The Morgan fingerprint density at radius 2 is 1.96 bits per heavy atom. The largest absolute Gasteiger partial charge is 0.507 e. The van der Waals surface area contributed by atoms with E-state index in [1.807, 2.05) is 19.9 Å². The lowest BCUT2D eigenvalue weighted by Gasteiger charge is -2.32. The maximum absolute atomic E-state index is 12.5. The first-order chi connectivity index (χ1) is 12.6. The third kappa shape index (κ3) is 4.75. The van der Waals surface area contributed by atoms with Crippen LogP contribution in [0.3, 0.4) is 0 Å². The topological polar surface area (TPSA) is 74.6 Å². The van der Waals surface area contributed by atoms with Gasteiger partial charge in [0, 0.05) is 17.7 Å². The quantitative estimate of drug-likeness (QED) is 0.491. The first-order valence-electron chi connectivity index (χ1n) is 9.68. The van der Waals surface area contributed by atoms with Crippen LogP contribution in [0.2, 0.25) is 0 Å². The minimum atomic E-state index is -3.63. The predicted octanol–water partition coefficient (Wildman–Crippen LogP) is 5.25. The molecular formula is C22H32O4S. The molecule has 150 valence electrons. The van der Waals surface area contributed by atoms with Crippen LogP contribution in [-0.4, -0.2) is 24.9 Å². The molecule has 2 N–H and O–H groups in total. The fourth-order valence-corrected chi connectivity index (χ4v) is 5.20. The van der Waals surface area contributed by atoms with Gasteiger partial charge in [0.15, 0.2) is 9.84 Å². The summed E-state index contributed by atoms with van der Waals surface area (Å²) in [6, 6.07) is 1.54. The molecule has 2 rings (SSSR count). The van der Waals surface area contributed by atoms with Crippen molar-refractivity contribution in [3.8, 4) is 11.5 Å². The molecular weight excluding hydrogens is 360 g/mol. The number of sulfone groups is 1. The van der Waals surface area contributed by atoms with Gasteiger partial charge in [0.25, 0.3) is 0 Å². The van der Waals surface area contributed by atoms with Crippen molar-refractivity contribution in [2.45, 2.75) is 70.1 Å². The normalized spacial score (nSPS) is 20.4. The number of phenols is 2. The summed E-state index contributed by atoms with van der Waals surface area (Å²) in [5.74, 6) is -0.551. The first-order valence-corrected chi connectivity index (χ1v) is 11.6. The van der Waals surface area contributed by atoms with Crippen molar-refractivity contribution in [1.82, 2.24) is 0 Å². The Labute approximate surface area is 163 Å². The van der Waals surface area contributed by atoms with Gasteiger partial charge in [-0.1, -0.05) is 43.6 Å². The molecule has 2 atom stereocenters. The Kier molecular flexibility index (Phi) is 6.79. The van der Waals surface area contributed by atoms with Gasteiger partial charge in [-0.25, -0.2) is 8.42 Å². The lowest BCUT2D eigenvalue weighted by atomic mass is 9.73. The number of benzene rings is 1. The number of phenolic OH excluding ortho intramolecular Hbond substituents is 2. The molecule has 0 saturated carbocycles. The molecule has 0 heterocycles. The van der Waals surface area contributed by atoms with Crippen molar-refractivity contribution in [2.24, 2.45) is 5.92 Å². The molecule has 0 fully saturated rings. The highest BCUT2D eigenvalue weighted by atomic mass is 32.2. The molecule has 0 amide bonds. The maximum atomic E-state index is 12.5. The van der Waals surface area contributed by atoms with Crippen molar-refractivity contribution in [1.29, 1.82) is 0 Å². The zero-order valence-electron chi connectivity index (χ0n) is 16.9. The second-order valence-corrected chi connectivity index (χ2v) is 9.86. The van der Waals surface area contributed by atoms with E-state index < -0.39 is 9.84 Å². The molecule has 2 unspecified atom stereocenters. The number of allylic oxidation sites excluding steroid dienone is 3. The fraction of sp³-hybridized carbons (Fsp3) is 0.545. The maximum Gasteiger partial charge on any atom is 0.179 e. The first kappa shape index (κ1) is 21.5. The molecule has 1 aromatic carbocycles. The lowest BCUT2D eigenvalue weighted by molar-refractivity contribution is 0.397. The third-order valence-electron chi connectivity index (χ3n) is 5.48. The van der Waals surface area contributed by atoms with Gasteiger partial charge in [-0.3, -0.25) is 0 Å². The number of aromatic hydroxyl groups is 2. The lowest BCUT2D eigenvalue weighted by Crippen LogP contribution is -2.18. The van der Waals surface area contributed by atoms with E-state index in [2.05, 4.69) is 13.5 Å². The number of hydrogen-bond acceptors (Lipinski definition) is 4. The molecule has 1 aromatic rings. The molecule has 0 bridgehead atoms. The van der Waals surface area contributed by atoms with Gasteiger partial charge in [0.2, 0.25) is 0 Å². The van der Waals surface area contributed by atoms with Gasteiger partial charge in [-0.2, -0.15) is 0 Å². The number of hydrogen-bond donors (Lipinski definition) is 2. The second-order valence-electron chi connectivity index (χ2n) is 7.91. The summed E-state index contributed by atoms with van der Waals surface area (Å²) < 4.78 is 24.9. The third-order valence-corrected chi connectivity index (χ3v) is 6.68. The van der Waals surface area contributed by atoms with E-state index in [1.165, 1.54) is 11.6 Å². The van der Waals surface area contributed by atoms with E-state index in [9.17, 15) is 18.6 Å². The summed E-state index contributed by atoms with van der Waals surface area (Å²) >= 11 is 0. The zero-order chi connectivity index (χ0) is 20.4. The smallest absolute Gasteiger partial charge is 0.179 e. The van der Waals surface area contributed by atoms with Crippen LogP contribution in [0.4, 0.5) is 0 Å². The van der Waals surface area contributed by atoms with Crippen LogP contribution in [0.1, 0.15) is 69.9 Å². The van der Waals surface area contributed by atoms with Crippen molar-refractivity contribution >= 4 is 9.84 Å². The Bertz CT molecular complexity index is 850. The van der Waals surface area contributed by atoms with Crippen LogP contribution in [0.5, 0.6) is 11.5 Å². The average Bonchev–Trinajstić information content (AvgIpc) is 2.53. The van der Waals surface area contributed by atoms with Crippen LogP contribution in [0.25, 0.3) is 0 Å². The van der Waals surface area contributed by atoms with Gasteiger partial charge in [0.1, 0.15) is 16.4 Å².